The molecular formula is C20H11ClO5. The maximum atomic E-state index is 12.9. The van der Waals surface area contributed by atoms with Crippen LogP contribution in [0.25, 0.3) is 22.5 Å². The van der Waals surface area contributed by atoms with Gasteiger partial charge in [-0.05, 0) is 48.5 Å². The summed E-state index contributed by atoms with van der Waals surface area (Å²) in [5.74, 6) is -0.580. The fraction of sp³-hybridized carbons (Fsp3) is 0. The van der Waals surface area contributed by atoms with Gasteiger partial charge in [-0.2, -0.15) is 0 Å². The number of halogens is 1. The van der Waals surface area contributed by atoms with Crippen molar-refractivity contribution in [2.75, 3.05) is 0 Å². The molecule has 4 aromatic rings. The highest BCUT2D eigenvalue weighted by atomic mass is 35.5. The molecule has 0 saturated heterocycles. The van der Waals surface area contributed by atoms with E-state index in [4.69, 9.17) is 25.2 Å². The summed E-state index contributed by atoms with van der Waals surface area (Å²) < 4.78 is 16.5. The Kier molecular flexibility index (Phi) is 4.07. The lowest BCUT2D eigenvalue weighted by Crippen LogP contribution is -2.16. The smallest absolute Gasteiger partial charge is 0.343 e. The van der Waals surface area contributed by atoms with Crippen LogP contribution in [0.5, 0.6) is 5.75 Å². The average molecular weight is 367 g/mol. The predicted molar refractivity (Wildman–Crippen MR) is 96.6 cm³/mol. The van der Waals surface area contributed by atoms with Crippen LogP contribution in [-0.2, 0) is 0 Å². The summed E-state index contributed by atoms with van der Waals surface area (Å²) in [5.41, 5.74) is 0.170. The SMILES string of the molecule is O=C(Oc1c(-c2ccco2)oc2ccccc2c1=O)c1ccc(Cl)cc1. The second-order valence-electron chi connectivity index (χ2n) is 5.46. The van der Waals surface area contributed by atoms with E-state index in [9.17, 15) is 9.59 Å². The molecule has 0 atom stereocenters. The molecule has 0 bridgehead atoms. The molecule has 0 amide bonds. The number of benzene rings is 2. The van der Waals surface area contributed by atoms with E-state index in [1.54, 1.807) is 48.5 Å². The number of fused-ring (bicyclic) bond motifs is 1. The van der Waals surface area contributed by atoms with Gasteiger partial charge in [-0.25, -0.2) is 4.79 Å². The molecule has 4 rings (SSSR count). The molecule has 2 aromatic carbocycles. The molecule has 0 fully saturated rings. The van der Waals surface area contributed by atoms with Crippen molar-refractivity contribution in [2.24, 2.45) is 0 Å². The molecule has 128 valence electrons. The van der Waals surface area contributed by atoms with Crippen molar-refractivity contribution in [3.8, 4) is 17.3 Å². The number of carbonyl (C=O) groups excluding carboxylic acids is 1. The first-order valence-electron chi connectivity index (χ1n) is 7.71. The van der Waals surface area contributed by atoms with Gasteiger partial charge in [0.05, 0.1) is 17.2 Å². The Labute approximate surface area is 152 Å². The lowest BCUT2D eigenvalue weighted by molar-refractivity contribution is 0.0731. The van der Waals surface area contributed by atoms with Crippen molar-refractivity contribution in [1.29, 1.82) is 0 Å². The minimum atomic E-state index is -0.697. The quantitative estimate of drug-likeness (QED) is 0.481. The first-order chi connectivity index (χ1) is 12.6. The maximum absolute atomic E-state index is 12.9. The highest BCUT2D eigenvalue weighted by Crippen LogP contribution is 2.31. The zero-order valence-corrected chi connectivity index (χ0v) is 14.0. The van der Waals surface area contributed by atoms with Crippen molar-refractivity contribution >= 4 is 28.5 Å². The fourth-order valence-electron chi connectivity index (χ4n) is 2.53. The molecule has 26 heavy (non-hydrogen) atoms. The van der Waals surface area contributed by atoms with Crippen molar-refractivity contribution in [1.82, 2.24) is 0 Å². The van der Waals surface area contributed by atoms with Gasteiger partial charge >= 0.3 is 5.97 Å². The van der Waals surface area contributed by atoms with Gasteiger partial charge in [0, 0.05) is 5.02 Å². The van der Waals surface area contributed by atoms with Gasteiger partial charge in [-0.15, -0.1) is 0 Å². The minimum absolute atomic E-state index is 0.0565. The van der Waals surface area contributed by atoms with E-state index in [1.165, 1.54) is 18.4 Å². The number of esters is 1. The Morgan fingerprint density at radius 1 is 0.962 bits per heavy atom. The Morgan fingerprint density at radius 2 is 1.73 bits per heavy atom. The number of para-hydroxylation sites is 1. The third-order valence-corrected chi connectivity index (χ3v) is 4.03. The lowest BCUT2D eigenvalue weighted by atomic mass is 10.2. The topological polar surface area (TPSA) is 69.7 Å². The molecule has 0 aliphatic carbocycles. The second kappa shape index (κ2) is 6.54. The van der Waals surface area contributed by atoms with Crippen molar-refractivity contribution in [2.45, 2.75) is 0 Å². The van der Waals surface area contributed by atoms with E-state index in [1.807, 2.05) is 0 Å². The molecule has 0 radical (unpaired) electrons. The van der Waals surface area contributed by atoms with Gasteiger partial charge in [0.15, 0.2) is 5.76 Å². The Balaban J connectivity index is 1.86. The van der Waals surface area contributed by atoms with Gasteiger partial charge in [0.2, 0.25) is 16.9 Å². The Hall–Kier alpha value is -3.31. The summed E-state index contributed by atoms with van der Waals surface area (Å²) in [7, 11) is 0. The molecule has 6 heteroatoms. The Bertz CT molecular complexity index is 1140. The minimum Gasteiger partial charge on any atom is -0.461 e. The van der Waals surface area contributed by atoms with Crippen molar-refractivity contribution in [3.05, 3.63) is 87.7 Å². The molecule has 0 spiro atoms. The normalized spacial score (nSPS) is 10.8. The van der Waals surface area contributed by atoms with Crippen LogP contribution >= 0.6 is 11.6 Å². The molecule has 0 aliphatic heterocycles. The maximum Gasteiger partial charge on any atom is 0.343 e. The summed E-state index contributed by atoms with van der Waals surface area (Å²) in [5, 5.41) is 0.796. The summed E-state index contributed by atoms with van der Waals surface area (Å²) in [4.78, 5) is 25.3. The molecule has 0 unspecified atom stereocenters. The zero-order valence-electron chi connectivity index (χ0n) is 13.3. The molecule has 5 nitrogen and oxygen atoms in total. The van der Waals surface area contributed by atoms with Crippen LogP contribution in [0.1, 0.15) is 10.4 Å². The summed E-state index contributed by atoms with van der Waals surface area (Å²) in [6.07, 6.45) is 1.44. The standard InChI is InChI=1S/C20H11ClO5/c21-13-9-7-12(8-10-13)20(23)26-19-17(22)14-4-1-2-5-15(14)25-18(19)16-6-3-11-24-16/h1-11H. The lowest BCUT2D eigenvalue weighted by Gasteiger charge is -2.09. The van der Waals surface area contributed by atoms with Gasteiger partial charge < -0.3 is 13.6 Å². The summed E-state index contributed by atoms with van der Waals surface area (Å²) in [6.45, 7) is 0. The number of rotatable bonds is 3. The van der Waals surface area contributed by atoms with E-state index >= 15 is 0 Å². The number of hydrogen-bond donors (Lipinski definition) is 0. The van der Waals surface area contributed by atoms with Crippen LogP contribution in [0.15, 0.2) is 80.6 Å². The monoisotopic (exact) mass is 366 g/mol. The van der Waals surface area contributed by atoms with Gasteiger partial charge in [-0.1, -0.05) is 23.7 Å². The number of ether oxygens (including phenoxy) is 1. The molecule has 2 aromatic heterocycles. The third-order valence-electron chi connectivity index (χ3n) is 3.78. The van der Waals surface area contributed by atoms with Crippen LogP contribution in [0.4, 0.5) is 0 Å². The van der Waals surface area contributed by atoms with Gasteiger partial charge in [0.1, 0.15) is 5.58 Å². The first-order valence-corrected chi connectivity index (χ1v) is 8.09. The second-order valence-corrected chi connectivity index (χ2v) is 5.90. The van der Waals surface area contributed by atoms with E-state index in [-0.39, 0.29) is 22.8 Å². The largest absolute Gasteiger partial charge is 0.461 e. The number of hydrogen-bond acceptors (Lipinski definition) is 5. The van der Waals surface area contributed by atoms with Crippen LogP contribution < -0.4 is 10.2 Å². The van der Waals surface area contributed by atoms with Crippen molar-refractivity contribution < 1.29 is 18.4 Å². The Morgan fingerprint density at radius 3 is 2.46 bits per heavy atom. The third kappa shape index (κ3) is 2.89. The molecule has 0 N–H and O–H groups in total. The molecule has 0 aliphatic rings. The summed E-state index contributed by atoms with van der Waals surface area (Å²) >= 11 is 5.83. The predicted octanol–water partition coefficient (Wildman–Crippen LogP) is 4.93. The van der Waals surface area contributed by atoms with Gasteiger partial charge in [-0.3, -0.25) is 4.79 Å². The highest BCUT2D eigenvalue weighted by molar-refractivity contribution is 6.30. The zero-order chi connectivity index (χ0) is 18.1. The number of furan rings is 1. The van der Waals surface area contributed by atoms with E-state index in [0.29, 0.717) is 16.0 Å². The average Bonchev–Trinajstić information content (AvgIpc) is 3.19. The van der Waals surface area contributed by atoms with E-state index < -0.39 is 11.4 Å². The van der Waals surface area contributed by atoms with Crippen LogP contribution in [0.3, 0.4) is 0 Å². The highest BCUT2D eigenvalue weighted by Gasteiger charge is 2.22. The van der Waals surface area contributed by atoms with E-state index in [0.717, 1.165) is 0 Å². The van der Waals surface area contributed by atoms with Crippen LogP contribution in [0, 0.1) is 0 Å². The van der Waals surface area contributed by atoms with Gasteiger partial charge in [0.25, 0.3) is 0 Å². The van der Waals surface area contributed by atoms with E-state index in [2.05, 4.69) is 0 Å². The molecule has 0 saturated carbocycles. The van der Waals surface area contributed by atoms with Crippen molar-refractivity contribution in [3.63, 3.8) is 0 Å². The first kappa shape index (κ1) is 16.2. The molecule has 2 heterocycles. The molecular weight excluding hydrogens is 356 g/mol. The number of carbonyl (C=O) groups is 1. The van der Waals surface area contributed by atoms with Crippen LogP contribution in [0.2, 0.25) is 5.02 Å². The fourth-order valence-corrected chi connectivity index (χ4v) is 2.65. The summed E-state index contributed by atoms with van der Waals surface area (Å²) in [6, 6.07) is 16.1. The van der Waals surface area contributed by atoms with Crippen LogP contribution in [-0.4, -0.2) is 5.97 Å².